The van der Waals surface area contributed by atoms with Gasteiger partial charge in [0, 0.05) is 11.0 Å². The molecule has 0 N–H and O–H groups in total. The van der Waals surface area contributed by atoms with Gasteiger partial charge < -0.3 is 9.47 Å². The summed E-state index contributed by atoms with van der Waals surface area (Å²) in [5, 5.41) is 0. The maximum atomic E-state index is 15.0. The largest absolute Gasteiger partial charge is 0.489 e. The number of hydrogen-bond donors (Lipinski definition) is 0. The van der Waals surface area contributed by atoms with E-state index in [4.69, 9.17) is 9.47 Å². The lowest BCUT2D eigenvalue weighted by atomic mass is 9.57. The molecule has 204 valence electrons. The molecule has 4 heteroatoms. The van der Waals surface area contributed by atoms with Crippen LogP contribution in [-0.4, -0.2) is 13.1 Å². The Balaban J connectivity index is 1.29. The van der Waals surface area contributed by atoms with E-state index in [9.17, 15) is 4.79 Å². The number of methoxy groups -OCH3 is 1. The van der Waals surface area contributed by atoms with Gasteiger partial charge in [-0.05, 0) is 109 Å². The molecule has 3 atom stereocenters. The van der Waals surface area contributed by atoms with Crippen LogP contribution < -0.4 is 4.74 Å². The van der Waals surface area contributed by atoms with Crippen LogP contribution in [0.3, 0.4) is 0 Å². The normalized spacial score (nSPS) is 24.8. The lowest BCUT2D eigenvalue weighted by Gasteiger charge is -2.46. The third-order valence-corrected chi connectivity index (χ3v) is 10.1. The molecule has 3 aromatic rings. The first-order chi connectivity index (χ1) is 18.7. The summed E-state index contributed by atoms with van der Waals surface area (Å²) >= 11 is 0. The molecule has 1 spiro atoms. The van der Waals surface area contributed by atoms with Crippen molar-refractivity contribution >= 4 is 5.97 Å². The fourth-order valence-corrected chi connectivity index (χ4v) is 7.71. The molecule has 3 aliphatic rings. The van der Waals surface area contributed by atoms with Gasteiger partial charge in [-0.2, -0.15) is 0 Å². The molecule has 0 amide bonds. The molecule has 3 aliphatic carbocycles. The third-order valence-electron chi connectivity index (χ3n) is 10.1. The SMILES string of the molecule is COC(=O)[C@H]1CC[C@@]12CCc1ccc(OCc3ccc(-c4cc(C)ccc4F)c([C@@H]4CCCC4(C)C)c3)cc12. The second kappa shape index (κ2) is 9.80. The lowest BCUT2D eigenvalue weighted by molar-refractivity contribution is -0.153. The topological polar surface area (TPSA) is 35.5 Å². The standard InChI is InChI=1S/C35H39FO3/c1-22-7-12-32(36)28(18-22)26-11-8-23(19-27(26)29-6-5-15-34(29,2)3)21-39-25-10-9-24-13-16-35(31(24)20-25)17-14-30(35)33(37)38-4/h7-12,18-20,29-30H,5-6,13-17,21H2,1-4H3/t29-,30+,35-/m0/s1. The van der Waals surface area contributed by atoms with Gasteiger partial charge in [-0.1, -0.05) is 56.2 Å². The first-order valence-electron chi connectivity index (χ1n) is 14.5. The van der Waals surface area contributed by atoms with Crippen LogP contribution in [0.1, 0.15) is 86.1 Å². The molecule has 39 heavy (non-hydrogen) atoms. The van der Waals surface area contributed by atoms with Gasteiger partial charge in [-0.15, -0.1) is 0 Å². The van der Waals surface area contributed by atoms with Crippen LogP contribution in [0, 0.1) is 24.1 Å². The van der Waals surface area contributed by atoms with Crippen molar-refractivity contribution in [3.63, 3.8) is 0 Å². The second-order valence-electron chi connectivity index (χ2n) is 12.7. The Morgan fingerprint density at radius 1 is 0.974 bits per heavy atom. The van der Waals surface area contributed by atoms with E-state index in [-0.39, 0.29) is 28.5 Å². The van der Waals surface area contributed by atoms with E-state index in [1.54, 1.807) is 6.07 Å². The average Bonchev–Trinajstić information content (AvgIpc) is 3.48. The number of carbonyl (C=O) groups is 1. The van der Waals surface area contributed by atoms with E-state index >= 15 is 4.39 Å². The fraction of sp³-hybridized carbons (Fsp3) is 0.457. The highest BCUT2D eigenvalue weighted by Gasteiger charge is 2.55. The Labute approximate surface area is 231 Å². The summed E-state index contributed by atoms with van der Waals surface area (Å²) in [7, 11) is 1.49. The van der Waals surface area contributed by atoms with Gasteiger partial charge in [-0.3, -0.25) is 4.79 Å². The summed E-state index contributed by atoms with van der Waals surface area (Å²) < 4.78 is 26.5. The second-order valence-corrected chi connectivity index (χ2v) is 12.7. The van der Waals surface area contributed by atoms with Crippen molar-refractivity contribution in [1.29, 1.82) is 0 Å². The van der Waals surface area contributed by atoms with Gasteiger partial charge in [0.05, 0.1) is 13.0 Å². The number of halogens is 1. The number of rotatable bonds is 6. The maximum absolute atomic E-state index is 15.0. The Hall–Kier alpha value is -3.14. The molecule has 0 heterocycles. The first-order valence-corrected chi connectivity index (χ1v) is 14.5. The van der Waals surface area contributed by atoms with Crippen LogP contribution in [0.5, 0.6) is 5.75 Å². The highest BCUT2D eigenvalue weighted by Crippen LogP contribution is 2.57. The number of hydrogen-bond acceptors (Lipinski definition) is 3. The highest BCUT2D eigenvalue weighted by atomic mass is 19.1. The molecule has 2 saturated carbocycles. The van der Waals surface area contributed by atoms with Gasteiger partial charge in [0.1, 0.15) is 18.2 Å². The summed E-state index contributed by atoms with van der Waals surface area (Å²) in [6.45, 7) is 7.14. The molecule has 6 rings (SSSR count). The average molecular weight is 527 g/mol. The van der Waals surface area contributed by atoms with Crippen molar-refractivity contribution in [3.8, 4) is 16.9 Å². The zero-order valence-corrected chi connectivity index (χ0v) is 23.6. The molecule has 0 saturated heterocycles. The van der Waals surface area contributed by atoms with Gasteiger partial charge in [0.2, 0.25) is 0 Å². The summed E-state index contributed by atoms with van der Waals surface area (Å²) in [5.74, 6) is 0.900. The predicted octanol–water partition coefficient (Wildman–Crippen LogP) is 8.44. The van der Waals surface area contributed by atoms with Crippen molar-refractivity contribution < 1.29 is 18.7 Å². The van der Waals surface area contributed by atoms with Crippen LogP contribution in [0.15, 0.2) is 54.6 Å². The maximum Gasteiger partial charge on any atom is 0.309 e. The van der Waals surface area contributed by atoms with E-state index in [1.807, 2.05) is 19.1 Å². The Kier molecular flexibility index (Phi) is 6.56. The summed E-state index contributed by atoms with van der Waals surface area (Å²) in [4.78, 5) is 12.4. The lowest BCUT2D eigenvalue weighted by Crippen LogP contribution is -2.47. The first kappa shape index (κ1) is 26.1. The molecular weight excluding hydrogens is 487 g/mol. The van der Waals surface area contributed by atoms with Gasteiger partial charge in [-0.25, -0.2) is 4.39 Å². The molecule has 0 radical (unpaired) electrons. The highest BCUT2D eigenvalue weighted by molar-refractivity contribution is 5.77. The molecule has 0 aromatic heterocycles. The van der Waals surface area contributed by atoms with Crippen molar-refractivity contribution in [3.05, 3.63) is 88.2 Å². The fourth-order valence-electron chi connectivity index (χ4n) is 7.71. The van der Waals surface area contributed by atoms with Crippen LogP contribution in [0.2, 0.25) is 0 Å². The Bertz CT molecular complexity index is 1420. The van der Waals surface area contributed by atoms with Crippen molar-refractivity contribution in [2.45, 2.75) is 83.7 Å². The number of carbonyl (C=O) groups excluding carboxylic acids is 1. The predicted molar refractivity (Wildman–Crippen MR) is 152 cm³/mol. The van der Waals surface area contributed by atoms with Crippen molar-refractivity contribution in [2.75, 3.05) is 7.11 Å². The summed E-state index contributed by atoms with van der Waals surface area (Å²) in [5.41, 5.74) is 7.73. The van der Waals surface area contributed by atoms with E-state index < -0.39 is 0 Å². The number of aryl methyl sites for hydroxylation is 2. The van der Waals surface area contributed by atoms with Gasteiger partial charge in [0.25, 0.3) is 0 Å². The minimum absolute atomic E-state index is 0.0501. The number of esters is 1. The van der Waals surface area contributed by atoms with E-state index in [0.29, 0.717) is 18.1 Å². The van der Waals surface area contributed by atoms with E-state index in [1.165, 1.54) is 36.6 Å². The number of benzene rings is 3. The van der Waals surface area contributed by atoms with Gasteiger partial charge >= 0.3 is 5.97 Å². The third kappa shape index (κ3) is 4.46. The molecule has 3 nitrogen and oxygen atoms in total. The Morgan fingerprint density at radius 3 is 2.54 bits per heavy atom. The molecule has 0 unspecified atom stereocenters. The summed E-state index contributed by atoms with van der Waals surface area (Å²) in [6.07, 6.45) is 7.41. The van der Waals surface area contributed by atoms with Gasteiger partial charge in [0.15, 0.2) is 0 Å². The minimum Gasteiger partial charge on any atom is -0.489 e. The van der Waals surface area contributed by atoms with Crippen LogP contribution in [0.4, 0.5) is 4.39 Å². The Morgan fingerprint density at radius 2 is 1.82 bits per heavy atom. The van der Waals surface area contributed by atoms with Crippen LogP contribution in [0.25, 0.3) is 11.1 Å². The molecular formula is C35H39FO3. The number of fused-ring (bicyclic) bond motifs is 2. The molecule has 0 bridgehead atoms. The minimum atomic E-state index is -0.171. The molecule has 3 aromatic carbocycles. The number of ether oxygens (including phenoxy) is 2. The zero-order valence-electron chi connectivity index (χ0n) is 23.6. The van der Waals surface area contributed by atoms with Crippen molar-refractivity contribution in [2.24, 2.45) is 11.3 Å². The summed E-state index contributed by atoms with van der Waals surface area (Å²) in [6, 6.07) is 18.2. The quantitative estimate of drug-likeness (QED) is 0.302. The molecule has 2 fully saturated rings. The monoisotopic (exact) mass is 526 g/mol. The van der Waals surface area contributed by atoms with E-state index in [0.717, 1.165) is 54.5 Å². The zero-order chi connectivity index (χ0) is 27.4. The van der Waals surface area contributed by atoms with Crippen LogP contribution >= 0.6 is 0 Å². The molecule has 0 aliphatic heterocycles. The smallest absolute Gasteiger partial charge is 0.309 e. The van der Waals surface area contributed by atoms with E-state index in [2.05, 4.69) is 50.2 Å². The van der Waals surface area contributed by atoms with Crippen LogP contribution in [-0.2, 0) is 28.0 Å². The van der Waals surface area contributed by atoms with Crippen molar-refractivity contribution in [1.82, 2.24) is 0 Å².